The maximum atomic E-state index is 13.8. The van der Waals surface area contributed by atoms with Crippen LogP contribution >= 0.6 is 0 Å². The molecule has 1 saturated carbocycles. The van der Waals surface area contributed by atoms with Gasteiger partial charge in [0.05, 0.1) is 0 Å². The number of fused-ring (bicyclic) bond motifs is 3. The Morgan fingerprint density at radius 2 is 1.74 bits per heavy atom. The molecule has 0 heterocycles. The molecule has 5 rings (SSSR count). The van der Waals surface area contributed by atoms with E-state index in [2.05, 4.69) is 10.8 Å². The Hall–Kier alpha value is -3.92. The molecule has 1 fully saturated rings. The Morgan fingerprint density at radius 1 is 1.07 bits per heavy atom. The van der Waals surface area contributed by atoms with Crippen LogP contribution in [-0.4, -0.2) is 44.6 Å². The number of alkyl halides is 3. The number of halogens is 3. The number of carbonyl (C=O) groups is 3. The molecule has 0 amide bonds. The van der Waals surface area contributed by atoms with Gasteiger partial charge in [-0.05, 0) is 98.2 Å². The van der Waals surface area contributed by atoms with Gasteiger partial charge in [-0.1, -0.05) is 25.1 Å². The van der Waals surface area contributed by atoms with Gasteiger partial charge in [0.1, 0.15) is 22.8 Å². The zero-order valence-corrected chi connectivity index (χ0v) is 24.1. The third kappa shape index (κ3) is 5.26. The maximum absolute atomic E-state index is 13.8. The predicted octanol–water partition coefficient (Wildman–Crippen LogP) is 5.77. The summed E-state index contributed by atoms with van der Waals surface area (Å²) in [5.74, 6) is -5.11. The van der Waals surface area contributed by atoms with Gasteiger partial charge in [-0.15, -0.1) is 13.2 Å². The minimum atomic E-state index is -4.75. The predicted molar refractivity (Wildman–Crippen MR) is 150 cm³/mol. The number of ketones is 3. The summed E-state index contributed by atoms with van der Waals surface area (Å²) in [6, 6.07) is 7.81. The van der Waals surface area contributed by atoms with Crippen LogP contribution in [-0.2, 0) is 40.1 Å². The van der Waals surface area contributed by atoms with Gasteiger partial charge in [-0.3, -0.25) is 14.4 Å². The van der Waals surface area contributed by atoms with Crippen molar-refractivity contribution in [3.05, 3.63) is 80.6 Å². The largest absolute Gasteiger partial charge is 0.573 e. The van der Waals surface area contributed by atoms with E-state index in [1.54, 1.807) is 12.1 Å². The highest BCUT2D eigenvalue weighted by molar-refractivity contribution is 6.23. The number of hydrogen-bond acceptors (Lipinski definition) is 7. The number of rotatable bonds is 7. The van der Waals surface area contributed by atoms with Crippen molar-refractivity contribution in [2.45, 2.75) is 77.7 Å². The van der Waals surface area contributed by atoms with Crippen LogP contribution in [0.15, 0.2) is 47.2 Å². The summed E-state index contributed by atoms with van der Waals surface area (Å²) >= 11 is 0. The van der Waals surface area contributed by atoms with Crippen molar-refractivity contribution in [3.63, 3.8) is 0 Å². The lowest BCUT2D eigenvalue weighted by Gasteiger charge is -2.46. The molecule has 0 aliphatic heterocycles. The number of ether oxygens (including phenoxy) is 1. The van der Waals surface area contributed by atoms with Crippen LogP contribution in [0.1, 0.15) is 66.5 Å². The molecule has 0 spiro atoms. The second-order valence-electron chi connectivity index (χ2n) is 11.7. The lowest BCUT2D eigenvalue weighted by molar-refractivity contribution is -0.274. The Labute approximate surface area is 246 Å². The van der Waals surface area contributed by atoms with Gasteiger partial charge in [0.2, 0.25) is 5.78 Å². The van der Waals surface area contributed by atoms with Gasteiger partial charge in [0.15, 0.2) is 17.2 Å². The molecular formula is C33H33F3O7. The lowest BCUT2D eigenvalue weighted by Crippen LogP contribution is -2.58. The van der Waals surface area contributed by atoms with Crippen LogP contribution in [0.2, 0.25) is 0 Å². The normalized spacial score (nSPS) is 23.6. The Balaban J connectivity index is 1.45. The van der Waals surface area contributed by atoms with Gasteiger partial charge >= 0.3 is 6.36 Å². The standard InChI is InChI=1S/C33H33F3O7/c1-4-19-12-20(7-5-6-18-8-10-23(11-9-18)43-33(34,35)36)16(2)26-24(19)14-21-13-22-15-25(38)27(17(3)37)30(40)32(22,42)31(41)28(21)29(26)39/h8-12,21-22,39-40,42H,4-7,13-15H2,1-3H3/t21-,22+,32-/m1/s1. The fourth-order valence-corrected chi connectivity index (χ4v) is 7.04. The Morgan fingerprint density at radius 3 is 2.35 bits per heavy atom. The van der Waals surface area contributed by atoms with Crippen molar-refractivity contribution < 1.29 is 47.6 Å². The van der Waals surface area contributed by atoms with Crippen LogP contribution in [0.3, 0.4) is 0 Å². The van der Waals surface area contributed by atoms with E-state index in [-0.39, 0.29) is 29.9 Å². The number of aliphatic hydroxyl groups is 3. The molecule has 0 bridgehead atoms. The summed E-state index contributed by atoms with van der Waals surface area (Å²) in [4.78, 5) is 38.6. The van der Waals surface area contributed by atoms with Gasteiger partial charge < -0.3 is 20.1 Å². The van der Waals surface area contributed by atoms with Crippen LogP contribution in [0.25, 0.3) is 5.76 Å². The third-order valence-corrected chi connectivity index (χ3v) is 9.11. The Kier molecular flexibility index (Phi) is 7.79. The van der Waals surface area contributed by atoms with Crippen molar-refractivity contribution >= 4 is 23.1 Å². The summed E-state index contributed by atoms with van der Waals surface area (Å²) in [6.07, 6.45) is -1.88. The van der Waals surface area contributed by atoms with Crippen molar-refractivity contribution in [1.29, 1.82) is 0 Å². The monoisotopic (exact) mass is 598 g/mol. The molecule has 3 aliphatic rings. The van der Waals surface area contributed by atoms with E-state index >= 15 is 0 Å². The van der Waals surface area contributed by atoms with Crippen molar-refractivity contribution in [1.82, 2.24) is 0 Å². The minimum Gasteiger partial charge on any atom is -0.508 e. The molecule has 7 nitrogen and oxygen atoms in total. The molecule has 0 unspecified atom stereocenters. The van der Waals surface area contributed by atoms with Crippen molar-refractivity contribution in [2.75, 3.05) is 0 Å². The highest BCUT2D eigenvalue weighted by atomic mass is 19.4. The average Bonchev–Trinajstić information content (AvgIpc) is 2.91. The van der Waals surface area contributed by atoms with Gasteiger partial charge in [-0.25, -0.2) is 0 Å². The highest BCUT2D eigenvalue weighted by Gasteiger charge is 2.60. The molecule has 3 atom stereocenters. The van der Waals surface area contributed by atoms with Crippen molar-refractivity contribution in [3.8, 4) is 5.75 Å². The molecular weight excluding hydrogens is 565 g/mol. The first-order chi connectivity index (χ1) is 20.2. The van der Waals surface area contributed by atoms with Crippen molar-refractivity contribution in [2.24, 2.45) is 11.8 Å². The smallest absolute Gasteiger partial charge is 0.508 e. The number of Topliss-reactive ketones (excluding diaryl/α,β-unsaturated/α-hetero) is 3. The van der Waals surface area contributed by atoms with Gasteiger partial charge in [0, 0.05) is 23.5 Å². The zero-order valence-electron chi connectivity index (χ0n) is 24.1. The molecule has 2 aromatic rings. The molecule has 0 saturated heterocycles. The van der Waals surface area contributed by atoms with E-state index < -0.39 is 52.5 Å². The SMILES string of the molecule is CCc1cc(CCCc2ccc(OC(F)(F)F)cc2)c(C)c2c1C[C@H]1C[C@H]3CC(=O)C(C(C)=O)=C(O)[C@@]3(O)C(=O)C1=C2O. The topological polar surface area (TPSA) is 121 Å². The molecule has 10 heteroatoms. The van der Waals surface area contributed by atoms with E-state index in [0.29, 0.717) is 37.7 Å². The molecule has 43 heavy (non-hydrogen) atoms. The summed E-state index contributed by atoms with van der Waals surface area (Å²) in [7, 11) is 0. The number of benzene rings is 2. The highest BCUT2D eigenvalue weighted by Crippen LogP contribution is 2.52. The van der Waals surface area contributed by atoms with E-state index in [1.165, 1.54) is 12.1 Å². The lowest BCUT2D eigenvalue weighted by atomic mass is 9.58. The number of aliphatic hydroxyl groups excluding tert-OH is 2. The molecule has 2 aromatic carbocycles. The third-order valence-electron chi connectivity index (χ3n) is 9.11. The van der Waals surface area contributed by atoms with Crippen LogP contribution < -0.4 is 4.74 Å². The van der Waals surface area contributed by atoms with Crippen LogP contribution in [0, 0.1) is 18.8 Å². The molecule has 3 aliphatic carbocycles. The zero-order chi connectivity index (χ0) is 31.4. The quantitative estimate of drug-likeness (QED) is 0.346. The first kappa shape index (κ1) is 30.5. The van der Waals surface area contributed by atoms with Gasteiger partial charge in [-0.2, -0.15) is 0 Å². The number of carbonyl (C=O) groups excluding carboxylic acids is 3. The summed E-state index contributed by atoms with van der Waals surface area (Å²) in [5, 5.41) is 34.0. The summed E-state index contributed by atoms with van der Waals surface area (Å²) in [5.41, 5.74) is 1.95. The second-order valence-corrected chi connectivity index (χ2v) is 11.7. The first-order valence-electron chi connectivity index (χ1n) is 14.3. The summed E-state index contributed by atoms with van der Waals surface area (Å²) in [6.45, 7) is 4.93. The number of aryl methyl sites for hydroxylation is 3. The van der Waals surface area contributed by atoms with E-state index in [1.807, 2.05) is 13.8 Å². The summed E-state index contributed by atoms with van der Waals surface area (Å²) < 4.78 is 41.3. The van der Waals surface area contributed by atoms with E-state index in [9.17, 15) is 42.9 Å². The second kappa shape index (κ2) is 11.0. The van der Waals surface area contributed by atoms with Crippen LogP contribution in [0.5, 0.6) is 5.75 Å². The molecule has 0 radical (unpaired) electrons. The van der Waals surface area contributed by atoms with E-state index in [0.717, 1.165) is 34.7 Å². The number of hydrogen-bond donors (Lipinski definition) is 3. The number of allylic oxidation sites excluding steroid dienone is 1. The minimum absolute atomic E-state index is 0.00137. The fourth-order valence-electron chi connectivity index (χ4n) is 7.04. The van der Waals surface area contributed by atoms with Gasteiger partial charge in [0.25, 0.3) is 0 Å². The molecule has 228 valence electrons. The Bertz CT molecular complexity index is 1580. The fraction of sp³-hybridized carbons (Fsp3) is 0.424. The first-order valence-corrected chi connectivity index (χ1v) is 14.3. The van der Waals surface area contributed by atoms with E-state index in [4.69, 9.17) is 0 Å². The molecule has 0 aromatic heterocycles. The van der Waals surface area contributed by atoms with Crippen LogP contribution in [0.4, 0.5) is 13.2 Å². The average molecular weight is 599 g/mol. The molecule has 3 N–H and O–H groups in total. The maximum Gasteiger partial charge on any atom is 0.573 e.